The van der Waals surface area contributed by atoms with Crippen molar-refractivity contribution in [3.63, 3.8) is 0 Å². The number of aliphatic hydroxyl groups excluding tert-OH is 1. The maximum atomic E-state index is 14.0. The van der Waals surface area contributed by atoms with Gasteiger partial charge in [-0.1, -0.05) is 0 Å². The van der Waals surface area contributed by atoms with Crippen LogP contribution in [-0.2, 0) is 0 Å². The summed E-state index contributed by atoms with van der Waals surface area (Å²) in [5, 5.41) is 17.2. The number of halogens is 1. The number of benzene rings is 1. The predicted molar refractivity (Wildman–Crippen MR) is 118 cm³/mol. The Kier molecular flexibility index (Phi) is 7.88. The Bertz CT molecular complexity index is 873. The van der Waals surface area contributed by atoms with Crippen molar-refractivity contribution in [3.05, 3.63) is 47.9 Å². The summed E-state index contributed by atoms with van der Waals surface area (Å²) in [6.45, 7) is 4.15. The van der Waals surface area contributed by atoms with Crippen LogP contribution < -0.4 is 25.0 Å². The lowest BCUT2D eigenvalue weighted by Gasteiger charge is -2.20. The summed E-state index contributed by atoms with van der Waals surface area (Å²) in [5.41, 5.74) is 0.661. The third-order valence-corrected chi connectivity index (χ3v) is 5.09. The second kappa shape index (κ2) is 10.8. The molecule has 2 heterocycles. The van der Waals surface area contributed by atoms with Crippen molar-refractivity contribution in [1.82, 2.24) is 15.6 Å². The molecule has 1 aliphatic rings. The Morgan fingerprint density at radius 2 is 2.06 bits per heavy atom. The molecule has 8 nitrogen and oxygen atoms in total. The van der Waals surface area contributed by atoms with Crippen LogP contribution in [0, 0.1) is 5.82 Å². The molecule has 0 bridgehead atoms. The third kappa shape index (κ3) is 5.97. The summed E-state index contributed by atoms with van der Waals surface area (Å²) in [6.07, 6.45) is 1.61. The fourth-order valence-corrected chi connectivity index (χ4v) is 3.50. The van der Waals surface area contributed by atoms with Crippen molar-refractivity contribution in [2.75, 3.05) is 45.3 Å². The van der Waals surface area contributed by atoms with Crippen LogP contribution >= 0.6 is 0 Å². The number of ether oxygens (including phenoxy) is 2. The summed E-state index contributed by atoms with van der Waals surface area (Å²) in [5.74, 6) is 1.87. The number of hydrogen-bond acceptors (Lipinski definition) is 6. The molecule has 2 aromatic rings. The molecule has 31 heavy (non-hydrogen) atoms. The van der Waals surface area contributed by atoms with Gasteiger partial charge in [-0.15, -0.1) is 0 Å². The van der Waals surface area contributed by atoms with E-state index in [0.717, 1.165) is 6.42 Å². The van der Waals surface area contributed by atoms with Gasteiger partial charge in [0.1, 0.15) is 11.5 Å². The van der Waals surface area contributed by atoms with Crippen molar-refractivity contribution in [2.24, 2.45) is 4.99 Å². The smallest absolute Gasteiger partial charge is 0.191 e. The van der Waals surface area contributed by atoms with Crippen LogP contribution in [0.5, 0.6) is 11.5 Å². The molecule has 3 N–H and O–H groups in total. The molecule has 1 fully saturated rings. The Labute approximate surface area is 182 Å². The number of guanidine groups is 1. The van der Waals surface area contributed by atoms with Crippen LogP contribution in [0.3, 0.4) is 0 Å². The largest absolute Gasteiger partial charge is 0.497 e. The number of anilines is 1. The first-order valence-electron chi connectivity index (χ1n) is 10.3. The topological polar surface area (TPSA) is 91.2 Å². The molecule has 0 saturated carbocycles. The average Bonchev–Trinajstić information content (AvgIpc) is 3.25. The van der Waals surface area contributed by atoms with Gasteiger partial charge in [0.15, 0.2) is 17.6 Å². The van der Waals surface area contributed by atoms with Gasteiger partial charge in [-0.25, -0.2) is 9.37 Å². The third-order valence-electron chi connectivity index (χ3n) is 5.09. The lowest BCUT2D eigenvalue weighted by atomic mass is 10.1. The fourth-order valence-electron chi connectivity index (χ4n) is 3.50. The molecular formula is C22H30FN5O3. The van der Waals surface area contributed by atoms with E-state index in [2.05, 4.69) is 20.6 Å². The number of aliphatic hydroxyl groups is 1. The monoisotopic (exact) mass is 431 g/mol. The van der Waals surface area contributed by atoms with Gasteiger partial charge in [0.2, 0.25) is 0 Å². The summed E-state index contributed by atoms with van der Waals surface area (Å²) < 4.78 is 24.6. The number of hydrogen-bond donors (Lipinski definition) is 3. The highest BCUT2D eigenvalue weighted by molar-refractivity contribution is 5.80. The first kappa shape index (κ1) is 22.6. The minimum absolute atomic E-state index is 0.0910. The van der Waals surface area contributed by atoms with Gasteiger partial charge < -0.3 is 30.1 Å². The second-order valence-corrected chi connectivity index (χ2v) is 7.27. The van der Waals surface area contributed by atoms with Gasteiger partial charge in [-0.05, 0) is 43.2 Å². The Hall–Kier alpha value is -3.07. The Balaban J connectivity index is 1.63. The molecule has 2 atom stereocenters. The first-order valence-corrected chi connectivity index (χ1v) is 10.3. The second-order valence-electron chi connectivity index (χ2n) is 7.27. The van der Waals surface area contributed by atoms with E-state index < -0.39 is 6.10 Å². The van der Waals surface area contributed by atoms with E-state index in [-0.39, 0.29) is 18.4 Å². The van der Waals surface area contributed by atoms with Crippen molar-refractivity contribution in [2.45, 2.75) is 25.5 Å². The number of aliphatic imine (C=N–C) groups is 1. The highest BCUT2D eigenvalue weighted by atomic mass is 19.1. The SMILES string of the molecule is CCNC(=NCC(O)c1cc(OC)cc(OC)c1)NC1CCN(c2ncccc2F)C1. The van der Waals surface area contributed by atoms with Crippen molar-refractivity contribution >= 4 is 11.8 Å². The lowest BCUT2D eigenvalue weighted by molar-refractivity contribution is 0.186. The van der Waals surface area contributed by atoms with Crippen LogP contribution in [0.15, 0.2) is 41.5 Å². The zero-order chi connectivity index (χ0) is 22.2. The molecule has 0 aliphatic carbocycles. The highest BCUT2D eigenvalue weighted by Gasteiger charge is 2.26. The van der Waals surface area contributed by atoms with Crippen molar-refractivity contribution in [3.8, 4) is 11.5 Å². The summed E-state index contributed by atoms with van der Waals surface area (Å²) in [7, 11) is 3.13. The molecule has 0 spiro atoms. The number of pyridine rings is 1. The van der Waals surface area contributed by atoms with Crippen LogP contribution in [-0.4, -0.2) is 62.5 Å². The standard InChI is InChI=1S/C22H30FN5O3/c1-4-24-22(26-13-20(29)15-10-17(30-2)12-18(11-15)31-3)27-16-7-9-28(14-16)21-19(23)6-5-8-25-21/h5-6,8,10-12,16,20,29H,4,7,9,13-14H2,1-3H3,(H2,24,26,27). The molecular weight excluding hydrogens is 401 g/mol. The normalized spacial score (nSPS) is 17.4. The van der Waals surface area contributed by atoms with Gasteiger partial charge in [-0.3, -0.25) is 4.99 Å². The molecule has 1 aromatic heterocycles. The Morgan fingerprint density at radius 3 is 2.71 bits per heavy atom. The van der Waals surface area contributed by atoms with Gasteiger partial charge in [0.05, 0.1) is 26.9 Å². The summed E-state index contributed by atoms with van der Waals surface area (Å²) in [4.78, 5) is 10.6. The van der Waals surface area contributed by atoms with Crippen molar-refractivity contribution in [1.29, 1.82) is 0 Å². The first-order chi connectivity index (χ1) is 15.0. The molecule has 168 valence electrons. The maximum Gasteiger partial charge on any atom is 0.191 e. The minimum Gasteiger partial charge on any atom is -0.497 e. The lowest BCUT2D eigenvalue weighted by Crippen LogP contribution is -2.45. The van der Waals surface area contributed by atoms with Crippen LogP contribution in [0.4, 0.5) is 10.2 Å². The molecule has 2 unspecified atom stereocenters. The average molecular weight is 432 g/mol. The molecule has 3 rings (SSSR count). The zero-order valence-corrected chi connectivity index (χ0v) is 18.1. The number of nitrogens with zero attached hydrogens (tertiary/aromatic N) is 3. The molecule has 1 aliphatic heterocycles. The number of rotatable bonds is 8. The zero-order valence-electron chi connectivity index (χ0n) is 18.1. The minimum atomic E-state index is -0.817. The van der Waals surface area contributed by atoms with Crippen molar-refractivity contribution < 1.29 is 19.0 Å². The molecule has 9 heteroatoms. The van der Waals surface area contributed by atoms with E-state index in [4.69, 9.17) is 9.47 Å². The van der Waals surface area contributed by atoms with E-state index >= 15 is 0 Å². The predicted octanol–water partition coefficient (Wildman–Crippen LogP) is 2.11. The molecule has 1 aromatic carbocycles. The number of methoxy groups -OCH3 is 2. The van der Waals surface area contributed by atoms with Crippen LogP contribution in [0.2, 0.25) is 0 Å². The molecule has 0 radical (unpaired) electrons. The number of nitrogens with one attached hydrogen (secondary N) is 2. The van der Waals surface area contributed by atoms with Gasteiger partial charge in [0.25, 0.3) is 0 Å². The van der Waals surface area contributed by atoms with Gasteiger partial charge >= 0.3 is 0 Å². The summed E-state index contributed by atoms with van der Waals surface area (Å²) in [6, 6.07) is 8.38. The van der Waals surface area contributed by atoms with E-state index in [1.165, 1.54) is 6.07 Å². The maximum absolute atomic E-state index is 14.0. The highest BCUT2D eigenvalue weighted by Crippen LogP contribution is 2.26. The van der Waals surface area contributed by atoms with E-state index in [1.54, 1.807) is 44.7 Å². The fraction of sp³-hybridized carbons (Fsp3) is 0.455. The van der Waals surface area contributed by atoms with E-state index in [0.29, 0.717) is 48.5 Å². The van der Waals surface area contributed by atoms with E-state index in [9.17, 15) is 9.50 Å². The van der Waals surface area contributed by atoms with Crippen LogP contribution in [0.25, 0.3) is 0 Å². The van der Waals surface area contributed by atoms with Gasteiger partial charge in [-0.2, -0.15) is 0 Å². The summed E-state index contributed by atoms with van der Waals surface area (Å²) >= 11 is 0. The molecule has 1 saturated heterocycles. The van der Waals surface area contributed by atoms with Gasteiger partial charge in [0, 0.05) is 37.9 Å². The quantitative estimate of drug-likeness (QED) is 0.436. The molecule has 0 amide bonds. The number of aromatic nitrogens is 1. The van der Waals surface area contributed by atoms with E-state index in [1.807, 2.05) is 11.8 Å². The van der Waals surface area contributed by atoms with Crippen LogP contribution in [0.1, 0.15) is 25.0 Å². The Morgan fingerprint density at radius 1 is 1.32 bits per heavy atom.